The summed E-state index contributed by atoms with van der Waals surface area (Å²) in [6, 6.07) is 22.3. The molecular formula is C26H40OSi. The molecule has 0 unspecified atom stereocenters. The second kappa shape index (κ2) is 10.4. The molecule has 154 valence electrons. The van der Waals surface area contributed by atoms with E-state index < -0.39 is 8.07 Å². The fourth-order valence-corrected chi connectivity index (χ4v) is 12.0. The van der Waals surface area contributed by atoms with Crippen molar-refractivity contribution in [3.8, 4) is 0 Å². The quantitative estimate of drug-likeness (QED) is 0.477. The van der Waals surface area contributed by atoms with E-state index in [4.69, 9.17) is 0 Å². The van der Waals surface area contributed by atoms with Gasteiger partial charge in [-0.25, -0.2) is 0 Å². The number of rotatable bonds is 10. The first-order valence-corrected chi connectivity index (χ1v) is 13.3. The van der Waals surface area contributed by atoms with Crippen LogP contribution >= 0.6 is 0 Å². The van der Waals surface area contributed by atoms with E-state index in [9.17, 15) is 5.11 Å². The van der Waals surface area contributed by atoms with E-state index in [0.717, 1.165) is 25.7 Å². The molecule has 0 radical (unpaired) electrons. The van der Waals surface area contributed by atoms with Crippen molar-refractivity contribution in [2.24, 2.45) is 0 Å². The minimum atomic E-state index is -2.28. The zero-order valence-corrected chi connectivity index (χ0v) is 19.6. The summed E-state index contributed by atoms with van der Waals surface area (Å²) in [7, 11) is -2.28. The van der Waals surface area contributed by atoms with Crippen molar-refractivity contribution in [3.63, 3.8) is 0 Å². The lowest BCUT2D eigenvalue weighted by Crippen LogP contribution is -2.69. The zero-order valence-electron chi connectivity index (χ0n) is 18.6. The van der Waals surface area contributed by atoms with Crippen LogP contribution in [-0.2, 0) is 0 Å². The summed E-state index contributed by atoms with van der Waals surface area (Å²) in [5.74, 6) is 0. The fraction of sp³-hybridized carbons (Fsp3) is 0.538. The van der Waals surface area contributed by atoms with Crippen molar-refractivity contribution in [1.82, 2.24) is 0 Å². The zero-order chi connectivity index (χ0) is 20.6. The summed E-state index contributed by atoms with van der Waals surface area (Å²) in [5.41, 5.74) is 0.323. The Balaban J connectivity index is 2.75. The number of hydrogen-bond donors (Lipinski definition) is 1. The van der Waals surface area contributed by atoms with Crippen molar-refractivity contribution in [3.05, 3.63) is 60.7 Å². The van der Waals surface area contributed by atoms with Gasteiger partial charge >= 0.3 is 0 Å². The highest BCUT2D eigenvalue weighted by atomic mass is 28.3. The molecule has 0 aliphatic carbocycles. The standard InChI is InChI=1S/C26H40OSi/c1-6-8-20-24(27)25(21-9-7-2)28(26(3,4)5,22-16-12-10-13-17-22)23-18-14-11-15-19-23/h10-19,24-25,27H,6-9,20-21H2,1-5H3/t24-,25+/m1/s1. The van der Waals surface area contributed by atoms with Gasteiger partial charge in [0.2, 0.25) is 0 Å². The number of benzene rings is 2. The van der Waals surface area contributed by atoms with Crippen LogP contribution in [0.2, 0.25) is 10.6 Å². The lowest BCUT2D eigenvalue weighted by Gasteiger charge is -2.51. The maximum atomic E-state index is 11.5. The Bertz CT molecular complexity index is 635. The first-order valence-electron chi connectivity index (χ1n) is 11.2. The largest absolute Gasteiger partial charge is 0.393 e. The van der Waals surface area contributed by atoms with Crippen LogP contribution < -0.4 is 10.4 Å². The fourth-order valence-electron chi connectivity index (χ4n) is 5.16. The minimum Gasteiger partial charge on any atom is -0.393 e. The predicted molar refractivity (Wildman–Crippen MR) is 126 cm³/mol. The van der Waals surface area contributed by atoms with Gasteiger partial charge in [-0.1, -0.05) is 131 Å². The van der Waals surface area contributed by atoms with Crippen LogP contribution in [0, 0.1) is 0 Å². The van der Waals surface area contributed by atoms with Crippen molar-refractivity contribution in [2.75, 3.05) is 0 Å². The molecule has 0 aliphatic rings. The highest BCUT2D eigenvalue weighted by Gasteiger charge is 2.54. The van der Waals surface area contributed by atoms with Crippen LogP contribution in [0.15, 0.2) is 60.7 Å². The first-order chi connectivity index (χ1) is 13.4. The third-order valence-electron chi connectivity index (χ3n) is 6.38. The van der Waals surface area contributed by atoms with Crippen LogP contribution in [0.5, 0.6) is 0 Å². The molecule has 1 N–H and O–H groups in total. The van der Waals surface area contributed by atoms with E-state index >= 15 is 0 Å². The Morgan fingerprint density at radius 2 is 1.18 bits per heavy atom. The van der Waals surface area contributed by atoms with Crippen LogP contribution in [-0.4, -0.2) is 19.3 Å². The Kier molecular flexibility index (Phi) is 8.51. The maximum absolute atomic E-state index is 11.5. The Hall–Kier alpha value is -1.38. The normalized spacial score (nSPS) is 14.6. The smallest absolute Gasteiger partial charge is 0.128 e. The lowest BCUT2D eigenvalue weighted by molar-refractivity contribution is 0.144. The SMILES string of the molecule is CCCC[C@@H](O)[C@H](CCCC)[Si](c1ccccc1)(c1ccccc1)C(C)(C)C. The number of hydrogen-bond acceptors (Lipinski definition) is 1. The Morgan fingerprint density at radius 1 is 0.750 bits per heavy atom. The van der Waals surface area contributed by atoms with Gasteiger partial charge in [0.05, 0.1) is 6.10 Å². The molecule has 2 heteroatoms. The number of aliphatic hydroxyl groups is 1. The molecule has 2 aromatic rings. The van der Waals surface area contributed by atoms with Gasteiger partial charge in [0.1, 0.15) is 8.07 Å². The van der Waals surface area contributed by atoms with Gasteiger partial charge in [-0.05, 0) is 23.4 Å². The summed E-state index contributed by atoms with van der Waals surface area (Å²) in [4.78, 5) is 0. The average Bonchev–Trinajstić information content (AvgIpc) is 2.69. The van der Waals surface area contributed by atoms with Gasteiger partial charge in [-0.2, -0.15) is 0 Å². The number of aliphatic hydroxyl groups excluding tert-OH is 1. The summed E-state index contributed by atoms with van der Waals surface area (Å²) in [6.07, 6.45) is 6.37. The Morgan fingerprint density at radius 3 is 1.57 bits per heavy atom. The van der Waals surface area contributed by atoms with Gasteiger partial charge in [0.15, 0.2) is 0 Å². The molecule has 0 aromatic heterocycles. The van der Waals surface area contributed by atoms with Gasteiger partial charge in [-0.15, -0.1) is 0 Å². The maximum Gasteiger partial charge on any atom is 0.128 e. The third-order valence-corrected chi connectivity index (χ3v) is 13.0. The summed E-state index contributed by atoms with van der Waals surface area (Å²) in [6.45, 7) is 11.7. The molecule has 2 rings (SSSR count). The molecule has 2 atom stereocenters. The van der Waals surface area contributed by atoms with E-state index in [1.165, 1.54) is 23.2 Å². The molecule has 0 bridgehead atoms. The minimum absolute atomic E-state index is 0.0985. The van der Waals surface area contributed by atoms with Gasteiger partial charge in [0.25, 0.3) is 0 Å². The van der Waals surface area contributed by atoms with E-state index in [1.807, 2.05) is 0 Å². The van der Waals surface area contributed by atoms with Crippen LogP contribution in [0.4, 0.5) is 0 Å². The summed E-state index contributed by atoms with van der Waals surface area (Å²) >= 11 is 0. The summed E-state index contributed by atoms with van der Waals surface area (Å²) < 4.78 is 0. The van der Waals surface area contributed by atoms with Crippen LogP contribution in [0.3, 0.4) is 0 Å². The first kappa shape index (κ1) is 22.9. The van der Waals surface area contributed by atoms with Gasteiger partial charge in [0, 0.05) is 0 Å². The molecule has 0 saturated carbocycles. The molecule has 0 heterocycles. The van der Waals surface area contributed by atoms with E-state index in [0.29, 0.717) is 5.54 Å². The van der Waals surface area contributed by atoms with Crippen molar-refractivity contribution in [2.45, 2.75) is 89.8 Å². The molecule has 0 amide bonds. The van der Waals surface area contributed by atoms with Gasteiger partial charge in [-0.3, -0.25) is 0 Å². The Labute approximate surface area is 174 Å². The lowest BCUT2D eigenvalue weighted by atomic mass is 10.0. The highest BCUT2D eigenvalue weighted by molar-refractivity contribution is 7.05. The van der Waals surface area contributed by atoms with E-state index in [2.05, 4.69) is 95.3 Å². The molecule has 2 aromatic carbocycles. The van der Waals surface area contributed by atoms with Gasteiger partial charge < -0.3 is 5.11 Å². The summed E-state index contributed by atoms with van der Waals surface area (Å²) in [5, 5.41) is 14.5. The topological polar surface area (TPSA) is 20.2 Å². The third kappa shape index (κ3) is 4.78. The number of unbranched alkanes of at least 4 members (excludes halogenated alkanes) is 2. The molecule has 1 nitrogen and oxygen atoms in total. The molecule has 28 heavy (non-hydrogen) atoms. The molecule has 0 spiro atoms. The van der Waals surface area contributed by atoms with E-state index in [1.54, 1.807) is 0 Å². The van der Waals surface area contributed by atoms with E-state index in [-0.39, 0.29) is 11.1 Å². The van der Waals surface area contributed by atoms with Crippen molar-refractivity contribution >= 4 is 18.4 Å². The molecule has 0 saturated heterocycles. The molecule has 0 aliphatic heterocycles. The monoisotopic (exact) mass is 396 g/mol. The second-order valence-electron chi connectivity index (χ2n) is 9.25. The predicted octanol–water partition coefficient (Wildman–Crippen LogP) is 6.16. The highest BCUT2D eigenvalue weighted by Crippen LogP contribution is 2.47. The van der Waals surface area contributed by atoms with Crippen molar-refractivity contribution in [1.29, 1.82) is 0 Å². The van der Waals surface area contributed by atoms with Crippen molar-refractivity contribution < 1.29 is 5.11 Å². The second-order valence-corrected chi connectivity index (χ2v) is 14.3. The molecule has 0 fully saturated rings. The molecular weight excluding hydrogens is 356 g/mol. The van der Waals surface area contributed by atoms with Crippen LogP contribution in [0.25, 0.3) is 0 Å². The van der Waals surface area contributed by atoms with Crippen LogP contribution in [0.1, 0.15) is 73.1 Å². The average molecular weight is 397 g/mol.